The lowest BCUT2D eigenvalue weighted by molar-refractivity contribution is 0.207. The van der Waals surface area contributed by atoms with Gasteiger partial charge in [0.05, 0.1) is 32.1 Å². The maximum absolute atomic E-state index is 5.73. The van der Waals surface area contributed by atoms with Crippen molar-refractivity contribution in [1.82, 2.24) is 10.6 Å². The van der Waals surface area contributed by atoms with Crippen molar-refractivity contribution < 1.29 is 13.9 Å². The van der Waals surface area contributed by atoms with Gasteiger partial charge >= 0.3 is 0 Å². The number of nitrogens with one attached hydrogen (secondary N) is 2. The summed E-state index contributed by atoms with van der Waals surface area (Å²) in [5, 5.41) is 6.90. The van der Waals surface area contributed by atoms with E-state index in [0.717, 1.165) is 36.9 Å². The van der Waals surface area contributed by atoms with Crippen molar-refractivity contribution >= 4 is 5.96 Å². The molecule has 0 aliphatic carbocycles. The van der Waals surface area contributed by atoms with E-state index >= 15 is 0 Å². The normalized spacial score (nSPS) is 16.8. The molecule has 1 atom stereocenters. The number of aliphatic imine (C=N–C) groups is 1. The number of hydrogen-bond donors (Lipinski definition) is 2. The van der Waals surface area contributed by atoms with Gasteiger partial charge in [-0.2, -0.15) is 0 Å². The number of ether oxygens (including phenoxy) is 2. The van der Waals surface area contributed by atoms with Crippen LogP contribution in [0.2, 0.25) is 0 Å². The second-order valence-corrected chi connectivity index (χ2v) is 5.85. The van der Waals surface area contributed by atoms with Crippen LogP contribution in [0.1, 0.15) is 23.8 Å². The third kappa shape index (κ3) is 5.00. The van der Waals surface area contributed by atoms with E-state index in [1.807, 2.05) is 30.3 Å². The van der Waals surface area contributed by atoms with E-state index in [1.54, 1.807) is 13.4 Å². The number of fused-ring (bicyclic) bond motifs is 1. The summed E-state index contributed by atoms with van der Waals surface area (Å²) >= 11 is 0. The number of hydrogen-bond acceptors (Lipinski definition) is 4. The van der Waals surface area contributed by atoms with Crippen LogP contribution in [0.4, 0.5) is 0 Å². The number of rotatable bonds is 7. The molecule has 0 bridgehead atoms. The molecule has 0 radical (unpaired) electrons. The molecule has 1 aliphatic heterocycles. The van der Waals surface area contributed by atoms with Crippen molar-refractivity contribution in [3.05, 3.63) is 54.0 Å². The Morgan fingerprint density at radius 2 is 2.20 bits per heavy atom. The Bertz CT molecular complexity index is 670. The molecule has 3 rings (SSSR count). The molecule has 1 aliphatic rings. The SMILES string of the molecule is COCCN=C(NCCc1ccco1)NC1CCOc2ccccc21. The molecule has 2 aromatic rings. The topological polar surface area (TPSA) is 68.0 Å². The quantitative estimate of drug-likeness (QED) is 0.459. The molecule has 0 amide bonds. The minimum Gasteiger partial charge on any atom is -0.493 e. The summed E-state index contributed by atoms with van der Waals surface area (Å²) in [6.45, 7) is 2.65. The zero-order chi connectivity index (χ0) is 17.3. The van der Waals surface area contributed by atoms with E-state index in [0.29, 0.717) is 19.8 Å². The Morgan fingerprint density at radius 1 is 1.28 bits per heavy atom. The number of methoxy groups -OCH3 is 1. The molecule has 0 fully saturated rings. The molecule has 134 valence electrons. The molecule has 2 N–H and O–H groups in total. The van der Waals surface area contributed by atoms with E-state index in [-0.39, 0.29) is 6.04 Å². The van der Waals surface area contributed by atoms with E-state index in [4.69, 9.17) is 13.9 Å². The Hall–Kier alpha value is -2.47. The van der Waals surface area contributed by atoms with Gasteiger partial charge in [0.1, 0.15) is 11.5 Å². The van der Waals surface area contributed by atoms with Crippen LogP contribution in [0.15, 0.2) is 52.1 Å². The van der Waals surface area contributed by atoms with Crippen LogP contribution in [0.25, 0.3) is 0 Å². The molecule has 25 heavy (non-hydrogen) atoms. The summed E-state index contributed by atoms with van der Waals surface area (Å²) in [6.07, 6.45) is 3.41. The second-order valence-electron chi connectivity index (χ2n) is 5.85. The van der Waals surface area contributed by atoms with Gasteiger partial charge in [0.25, 0.3) is 0 Å². The standard InChI is InChI=1S/C19H25N3O3/c1-23-14-11-21-19(20-10-8-15-5-4-12-24-15)22-17-9-13-25-18-7-3-2-6-16(17)18/h2-7,12,17H,8-11,13-14H2,1H3,(H2,20,21,22). The molecule has 1 unspecified atom stereocenters. The van der Waals surface area contributed by atoms with E-state index in [2.05, 4.69) is 21.7 Å². The number of furan rings is 1. The predicted octanol–water partition coefficient (Wildman–Crippen LogP) is 2.53. The molecule has 6 nitrogen and oxygen atoms in total. The maximum Gasteiger partial charge on any atom is 0.191 e. The highest BCUT2D eigenvalue weighted by Crippen LogP contribution is 2.31. The molecule has 6 heteroatoms. The third-order valence-electron chi connectivity index (χ3n) is 4.08. The minimum atomic E-state index is 0.183. The highest BCUT2D eigenvalue weighted by Gasteiger charge is 2.21. The van der Waals surface area contributed by atoms with Gasteiger partial charge in [-0.3, -0.25) is 4.99 Å². The Morgan fingerprint density at radius 3 is 3.04 bits per heavy atom. The number of benzene rings is 1. The van der Waals surface area contributed by atoms with Crippen molar-refractivity contribution in [2.24, 2.45) is 4.99 Å². The van der Waals surface area contributed by atoms with Crippen LogP contribution in [0, 0.1) is 0 Å². The molecule has 0 saturated heterocycles. The average molecular weight is 343 g/mol. The van der Waals surface area contributed by atoms with Crippen LogP contribution in [0.5, 0.6) is 5.75 Å². The summed E-state index contributed by atoms with van der Waals surface area (Å²) in [4.78, 5) is 4.60. The zero-order valence-corrected chi connectivity index (χ0v) is 14.5. The lowest BCUT2D eigenvalue weighted by Gasteiger charge is -2.28. The van der Waals surface area contributed by atoms with Crippen LogP contribution in [-0.4, -0.2) is 39.4 Å². The van der Waals surface area contributed by atoms with E-state index in [9.17, 15) is 0 Å². The molecule has 1 aromatic carbocycles. The fourth-order valence-corrected chi connectivity index (χ4v) is 2.82. The van der Waals surface area contributed by atoms with Crippen molar-refractivity contribution in [2.75, 3.05) is 33.4 Å². The van der Waals surface area contributed by atoms with Gasteiger partial charge < -0.3 is 24.5 Å². The summed E-state index contributed by atoms with van der Waals surface area (Å²) in [6, 6.07) is 12.2. The first-order valence-electron chi connectivity index (χ1n) is 8.64. The van der Waals surface area contributed by atoms with Gasteiger partial charge in [-0.15, -0.1) is 0 Å². The molecule has 0 spiro atoms. The maximum atomic E-state index is 5.73. The molecule has 2 heterocycles. The fraction of sp³-hybridized carbons (Fsp3) is 0.421. The van der Waals surface area contributed by atoms with Crippen LogP contribution >= 0.6 is 0 Å². The third-order valence-corrected chi connectivity index (χ3v) is 4.08. The van der Waals surface area contributed by atoms with Crippen molar-refractivity contribution in [3.8, 4) is 5.75 Å². The summed E-state index contributed by atoms with van der Waals surface area (Å²) in [7, 11) is 1.68. The first-order chi connectivity index (χ1) is 12.4. The summed E-state index contributed by atoms with van der Waals surface area (Å²) in [5.41, 5.74) is 1.17. The minimum absolute atomic E-state index is 0.183. The monoisotopic (exact) mass is 343 g/mol. The van der Waals surface area contributed by atoms with Crippen molar-refractivity contribution in [1.29, 1.82) is 0 Å². The van der Waals surface area contributed by atoms with Gasteiger partial charge in [0.2, 0.25) is 0 Å². The van der Waals surface area contributed by atoms with Crippen LogP contribution < -0.4 is 15.4 Å². The summed E-state index contributed by atoms with van der Waals surface area (Å²) < 4.78 is 16.2. The van der Waals surface area contributed by atoms with Gasteiger partial charge in [0, 0.05) is 32.1 Å². The molecular weight excluding hydrogens is 318 g/mol. The second kappa shape index (κ2) is 9.13. The Labute approximate surface area is 148 Å². The van der Waals surface area contributed by atoms with Crippen molar-refractivity contribution in [3.63, 3.8) is 0 Å². The average Bonchev–Trinajstić information content (AvgIpc) is 3.15. The number of nitrogens with zero attached hydrogens (tertiary/aromatic N) is 1. The van der Waals surface area contributed by atoms with Crippen LogP contribution in [0.3, 0.4) is 0 Å². The molecular formula is C19H25N3O3. The van der Waals surface area contributed by atoms with Gasteiger partial charge in [-0.05, 0) is 18.2 Å². The lowest BCUT2D eigenvalue weighted by atomic mass is 10.0. The summed E-state index contributed by atoms with van der Waals surface area (Å²) in [5.74, 6) is 2.68. The Kier molecular flexibility index (Phi) is 6.34. The predicted molar refractivity (Wildman–Crippen MR) is 97.0 cm³/mol. The first kappa shape index (κ1) is 17.4. The molecule has 1 aromatic heterocycles. The zero-order valence-electron chi connectivity index (χ0n) is 14.5. The highest BCUT2D eigenvalue weighted by molar-refractivity contribution is 5.80. The van der Waals surface area contributed by atoms with Crippen molar-refractivity contribution in [2.45, 2.75) is 18.9 Å². The lowest BCUT2D eigenvalue weighted by Crippen LogP contribution is -2.42. The first-order valence-corrected chi connectivity index (χ1v) is 8.64. The van der Waals surface area contributed by atoms with E-state index in [1.165, 1.54) is 5.56 Å². The van der Waals surface area contributed by atoms with E-state index < -0.39 is 0 Å². The van der Waals surface area contributed by atoms with Crippen LogP contribution in [-0.2, 0) is 11.2 Å². The van der Waals surface area contributed by atoms with Gasteiger partial charge in [-0.25, -0.2) is 0 Å². The Balaban J connectivity index is 1.62. The number of guanidine groups is 1. The number of para-hydroxylation sites is 1. The van der Waals surface area contributed by atoms with Gasteiger partial charge in [-0.1, -0.05) is 18.2 Å². The van der Waals surface area contributed by atoms with Gasteiger partial charge in [0.15, 0.2) is 5.96 Å². The largest absolute Gasteiger partial charge is 0.493 e. The smallest absolute Gasteiger partial charge is 0.191 e. The fourth-order valence-electron chi connectivity index (χ4n) is 2.82. The molecule has 0 saturated carbocycles. The highest BCUT2D eigenvalue weighted by atomic mass is 16.5.